The minimum atomic E-state index is -3.58. The quantitative estimate of drug-likeness (QED) is 0.763. The van der Waals surface area contributed by atoms with Crippen LogP contribution in [0, 0.1) is 0 Å². The van der Waals surface area contributed by atoms with Gasteiger partial charge in [-0.1, -0.05) is 18.3 Å². The van der Waals surface area contributed by atoms with Gasteiger partial charge in [-0.25, -0.2) is 8.42 Å². The van der Waals surface area contributed by atoms with Gasteiger partial charge >= 0.3 is 0 Å². The number of ether oxygens (including phenoxy) is 2. The number of nitrogens with two attached hydrogens (primary N) is 1. The van der Waals surface area contributed by atoms with Crippen molar-refractivity contribution in [1.29, 1.82) is 0 Å². The summed E-state index contributed by atoms with van der Waals surface area (Å²) in [5.74, 6) is 0.276. The van der Waals surface area contributed by atoms with E-state index in [1.165, 1.54) is 7.11 Å². The average Bonchev–Trinajstić information content (AvgIpc) is 2.90. The van der Waals surface area contributed by atoms with E-state index < -0.39 is 10.0 Å². The van der Waals surface area contributed by atoms with Gasteiger partial charge in [0.15, 0.2) is 0 Å². The molecular formula is C13H18N2O4S2. The minimum Gasteiger partial charge on any atom is -0.495 e. The largest absolute Gasteiger partial charge is 0.495 e. The molecule has 1 saturated heterocycles. The van der Waals surface area contributed by atoms with Gasteiger partial charge in [0.2, 0.25) is 10.0 Å². The molecule has 1 unspecified atom stereocenters. The number of methoxy groups -OCH3 is 1. The molecule has 3 N–H and O–H groups in total. The summed E-state index contributed by atoms with van der Waals surface area (Å²) in [6.07, 6.45) is 1.35. The van der Waals surface area contributed by atoms with E-state index in [1.54, 1.807) is 18.2 Å². The first-order valence-corrected chi connectivity index (χ1v) is 8.58. The fraction of sp³-hybridized carbons (Fsp3) is 0.462. The number of benzene rings is 1. The van der Waals surface area contributed by atoms with Crippen molar-refractivity contribution in [3.8, 4) is 5.75 Å². The maximum Gasteiger partial charge on any atom is 0.235 e. The van der Waals surface area contributed by atoms with Gasteiger partial charge < -0.3 is 15.2 Å². The maximum atomic E-state index is 12.3. The second kappa shape index (κ2) is 6.59. The molecule has 1 atom stereocenters. The van der Waals surface area contributed by atoms with E-state index in [0.29, 0.717) is 17.9 Å². The highest BCUT2D eigenvalue weighted by molar-refractivity contribution is 7.92. The van der Waals surface area contributed by atoms with Gasteiger partial charge in [-0.3, -0.25) is 4.72 Å². The Labute approximate surface area is 129 Å². The van der Waals surface area contributed by atoms with Crippen molar-refractivity contribution in [3.05, 3.63) is 23.8 Å². The lowest BCUT2D eigenvalue weighted by atomic mass is 10.1. The molecule has 0 radical (unpaired) electrons. The van der Waals surface area contributed by atoms with Crippen LogP contribution in [0.4, 0.5) is 5.69 Å². The Kier molecular flexibility index (Phi) is 5.02. The van der Waals surface area contributed by atoms with E-state index in [9.17, 15) is 8.42 Å². The molecule has 0 aromatic heterocycles. The Bertz CT molecular complexity index is 625. The molecule has 1 aliphatic heterocycles. The van der Waals surface area contributed by atoms with Gasteiger partial charge in [0.1, 0.15) is 16.4 Å². The number of hydrogen-bond donors (Lipinski definition) is 2. The molecule has 0 amide bonds. The van der Waals surface area contributed by atoms with Crippen molar-refractivity contribution < 1.29 is 17.9 Å². The summed E-state index contributed by atoms with van der Waals surface area (Å²) in [5.41, 5.74) is 6.34. The zero-order valence-corrected chi connectivity index (χ0v) is 13.3. The summed E-state index contributed by atoms with van der Waals surface area (Å²) in [6, 6.07) is 4.99. The highest BCUT2D eigenvalue weighted by atomic mass is 32.2. The van der Waals surface area contributed by atoms with E-state index in [2.05, 4.69) is 4.72 Å². The summed E-state index contributed by atoms with van der Waals surface area (Å²) < 4.78 is 37.6. The first-order chi connectivity index (χ1) is 9.93. The number of anilines is 1. The molecule has 116 valence electrons. The molecule has 0 bridgehead atoms. The molecule has 1 aromatic carbocycles. The Hall–Kier alpha value is -1.38. The molecule has 1 fully saturated rings. The third kappa shape index (κ3) is 4.05. The number of thiocarbonyl (C=S) groups is 1. The lowest BCUT2D eigenvalue weighted by Gasteiger charge is -2.17. The predicted molar refractivity (Wildman–Crippen MR) is 85.3 cm³/mol. The van der Waals surface area contributed by atoms with Crippen LogP contribution in [0.1, 0.15) is 18.4 Å². The molecule has 1 heterocycles. The Morgan fingerprint density at radius 1 is 1.57 bits per heavy atom. The molecule has 0 saturated carbocycles. The van der Waals surface area contributed by atoms with Crippen molar-refractivity contribution >= 4 is 32.9 Å². The van der Waals surface area contributed by atoms with E-state index in [4.69, 9.17) is 27.4 Å². The predicted octanol–water partition coefficient (Wildman–Crippen LogP) is 1.25. The summed E-state index contributed by atoms with van der Waals surface area (Å²) in [7, 11) is -2.12. The Morgan fingerprint density at radius 3 is 2.90 bits per heavy atom. The SMILES string of the molecule is COc1cccc(C(N)=S)c1NS(=O)(=O)CC1CCCO1. The minimum absolute atomic E-state index is 0.0954. The Morgan fingerprint density at radius 2 is 2.33 bits per heavy atom. The zero-order chi connectivity index (χ0) is 15.5. The van der Waals surface area contributed by atoms with Crippen LogP contribution in [0.2, 0.25) is 0 Å². The van der Waals surface area contributed by atoms with Gasteiger partial charge in [-0.05, 0) is 25.0 Å². The van der Waals surface area contributed by atoms with Crippen molar-refractivity contribution in [1.82, 2.24) is 0 Å². The molecule has 2 rings (SSSR count). The van der Waals surface area contributed by atoms with Crippen molar-refractivity contribution in [3.63, 3.8) is 0 Å². The topological polar surface area (TPSA) is 90.6 Å². The number of nitrogens with one attached hydrogen (secondary N) is 1. The standard InChI is InChI=1S/C13H18N2O4S2/c1-18-11-6-2-5-10(13(14)20)12(11)15-21(16,17)8-9-4-3-7-19-9/h2,5-6,9,15H,3-4,7-8H2,1H3,(H2,14,20). The molecule has 0 spiro atoms. The van der Waals surface area contributed by atoms with Crippen molar-refractivity contribution in [2.75, 3.05) is 24.2 Å². The molecule has 1 aromatic rings. The lowest BCUT2D eigenvalue weighted by Crippen LogP contribution is -2.27. The van der Waals surface area contributed by atoms with Crippen LogP contribution >= 0.6 is 12.2 Å². The lowest BCUT2D eigenvalue weighted by molar-refractivity contribution is 0.127. The fourth-order valence-electron chi connectivity index (χ4n) is 2.23. The Balaban J connectivity index is 2.26. The summed E-state index contributed by atoms with van der Waals surface area (Å²) >= 11 is 4.95. The fourth-order valence-corrected chi connectivity index (χ4v) is 3.76. The monoisotopic (exact) mass is 330 g/mol. The number of para-hydroxylation sites is 1. The third-order valence-electron chi connectivity index (χ3n) is 3.20. The normalized spacial score (nSPS) is 18.4. The molecule has 21 heavy (non-hydrogen) atoms. The zero-order valence-electron chi connectivity index (χ0n) is 11.7. The molecular weight excluding hydrogens is 312 g/mol. The first-order valence-electron chi connectivity index (χ1n) is 6.52. The third-order valence-corrected chi connectivity index (χ3v) is 4.74. The smallest absolute Gasteiger partial charge is 0.235 e. The van der Waals surface area contributed by atoms with Crippen LogP contribution < -0.4 is 15.2 Å². The van der Waals surface area contributed by atoms with Crippen LogP contribution in [-0.4, -0.2) is 39.0 Å². The van der Waals surface area contributed by atoms with E-state index in [0.717, 1.165) is 12.8 Å². The van der Waals surface area contributed by atoms with E-state index >= 15 is 0 Å². The van der Waals surface area contributed by atoms with Gasteiger partial charge in [0, 0.05) is 12.2 Å². The van der Waals surface area contributed by atoms with Crippen LogP contribution in [0.5, 0.6) is 5.75 Å². The number of hydrogen-bond acceptors (Lipinski definition) is 5. The molecule has 1 aliphatic rings. The summed E-state index contributed by atoms with van der Waals surface area (Å²) in [6.45, 7) is 0.604. The van der Waals surface area contributed by atoms with E-state index in [1.807, 2.05) is 0 Å². The van der Waals surface area contributed by atoms with Gasteiger partial charge in [-0.15, -0.1) is 0 Å². The second-order valence-corrected chi connectivity index (χ2v) is 6.97. The van der Waals surface area contributed by atoms with Crippen LogP contribution in [0.25, 0.3) is 0 Å². The first kappa shape index (κ1) is 16.0. The highest BCUT2D eigenvalue weighted by Crippen LogP contribution is 2.29. The van der Waals surface area contributed by atoms with E-state index in [-0.39, 0.29) is 22.5 Å². The average molecular weight is 330 g/mol. The molecule has 8 heteroatoms. The van der Waals surface area contributed by atoms with Gasteiger partial charge in [-0.2, -0.15) is 0 Å². The molecule has 6 nitrogen and oxygen atoms in total. The molecule has 0 aliphatic carbocycles. The summed E-state index contributed by atoms with van der Waals surface area (Å²) in [4.78, 5) is 0.101. The highest BCUT2D eigenvalue weighted by Gasteiger charge is 2.25. The maximum absolute atomic E-state index is 12.3. The summed E-state index contributed by atoms with van der Waals surface area (Å²) in [5, 5.41) is 0. The van der Waals surface area contributed by atoms with Crippen molar-refractivity contribution in [2.45, 2.75) is 18.9 Å². The van der Waals surface area contributed by atoms with Gasteiger partial charge in [0.25, 0.3) is 0 Å². The number of sulfonamides is 1. The van der Waals surface area contributed by atoms with Crippen molar-refractivity contribution in [2.24, 2.45) is 5.73 Å². The van der Waals surface area contributed by atoms with Crippen LogP contribution in [0.15, 0.2) is 18.2 Å². The van der Waals surface area contributed by atoms with Gasteiger partial charge in [0.05, 0.1) is 19.0 Å². The number of rotatable bonds is 6. The second-order valence-electron chi connectivity index (χ2n) is 4.77. The van der Waals surface area contributed by atoms with Crippen LogP contribution in [-0.2, 0) is 14.8 Å². The van der Waals surface area contributed by atoms with Crippen LogP contribution in [0.3, 0.4) is 0 Å².